The lowest BCUT2D eigenvalue weighted by Gasteiger charge is -2.17. The molecule has 0 saturated carbocycles. The first-order valence-corrected chi connectivity index (χ1v) is 7.17. The minimum absolute atomic E-state index is 0.282. The van der Waals surface area contributed by atoms with Gasteiger partial charge in [-0.3, -0.25) is 0 Å². The molecule has 2 nitrogen and oxygen atoms in total. The Bertz CT molecular complexity index is 511. The number of furan rings is 1. The first-order valence-electron chi connectivity index (χ1n) is 6.41. The van der Waals surface area contributed by atoms with Gasteiger partial charge in [0.2, 0.25) is 0 Å². The molecule has 0 aliphatic carbocycles. The topological polar surface area (TPSA) is 25.2 Å². The van der Waals surface area contributed by atoms with Crippen LogP contribution < -0.4 is 5.32 Å². The molecule has 102 valence electrons. The van der Waals surface area contributed by atoms with Gasteiger partial charge in [0.15, 0.2) is 0 Å². The Morgan fingerprint density at radius 2 is 2.05 bits per heavy atom. The quantitative estimate of drug-likeness (QED) is 0.823. The van der Waals surface area contributed by atoms with Crippen molar-refractivity contribution in [3.63, 3.8) is 0 Å². The molecule has 4 heteroatoms. The van der Waals surface area contributed by atoms with Gasteiger partial charge in [0.05, 0.1) is 16.3 Å². The summed E-state index contributed by atoms with van der Waals surface area (Å²) in [4.78, 5) is 0. The van der Waals surface area contributed by atoms with Crippen LogP contribution in [0.4, 0.5) is 0 Å². The molecule has 1 heterocycles. The van der Waals surface area contributed by atoms with Crippen molar-refractivity contribution in [2.45, 2.75) is 25.8 Å². The van der Waals surface area contributed by atoms with Gasteiger partial charge in [0.1, 0.15) is 5.76 Å². The smallest absolute Gasteiger partial charge is 0.105 e. The van der Waals surface area contributed by atoms with Crippen LogP contribution in [0.15, 0.2) is 41.0 Å². The van der Waals surface area contributed by atoms with E-state index in [1.807, 2.05) is 30.3 Å². The maximum absolute atomic E-state index is 6.06. The van der Waals surface area contributed by atoms with Crippen LogP contribution in [0.2, 0.25) is 10.0 Å². The zero-order valence-corrected chi connectivity index (χ0v) is 12.3. The molecule has 1 unspecified atom stereocenters. The molecule has 1 aromatic carbocycles. The Balaban J connectivity index is 1.93. The summed E-state index contributed by atoms with van der Waals surface area (Å²) in [6, 6.07) is 9.97. The fourth-order valence-corrected chi connectivity index (χ4v) is 2.36. The van der Waals surface area contributed by atoms with Gasteiger partial charge < -0.3 is 9.73 Å². The lowest BCUT2D eigenvalue weighted by Crippen LogP contribution is -2.23. The van der Waals surface area contributed by atoms with Crippen LogP contribution in [0.5, 0.6) is 0 Å². The molecule has 2 rings (SSSR count). The molecule has 0 aliphatic heterocycles. The van der Waals surface area contributed by atoms with Gasteiger partial charge in [-0.2, -0.15) is 0 Å². The van der Waals surface area contributed by atoms with E-state index in [0.29, 0.717) is 10.0 Å². The molecule has 0 aliphatic rings. The average molecular weight is 298 g/mol. The number of halogens is 2. The van der Waals surface area contributed by atoms with Crippen molar-refractivity contribution >= 4 is 23.2 Å². The summed E-state index contributed by atoms with van der Waals surface area (Å²) >= 11 is 12.0. The van der Waals surface area contributed by atoms with E-state index in [4.69, 9.17) is 27.6 Å². The third kappa shape index (κ3) is 4.00. The van der Waals surface area contributed by atoms with Gasteiger partial charge in [-0.1, -0.05) is 36.2 Å². The number of nitrogens with one attached hydrogen (secondary N) is 1. The summed E-state index contributed by atoms with van der Waals surface area (Å²) in [6.45, 7) is 3.01. The predicted molar refractivity (Wildman–Crippen MR) is 79.9 cm³/mol. The van der Waals surface area contributed by atoms with E-state index in [1.165, 1.54) is 0 Å². The van der Waals surface area contributed by atoms with Crippen LogP contribution in [-0.2, 0) is 6.42 Å². The Morgan fingerprint density at radius 3 is 2.68 bits per heavy atom. The predicted octanol–water partition coefficient (Wildman–Crippen LogP) is 4.87. The SMILES string of the molecule is CCC(NCCc1ccco1)c1ccc(Cl)c(Cl)c1. The molecule has 0 fully saturated rings. The third-order valence-electron chi connectivity index (χ3n) is 3.10. The van der Waals surface area contributed by atoms with Crippen LogP contribution in [0, 0.1) is 0 Å². The molecule has 19 heavy (non-hydrogen) atoms. The maximum Gasteiger partial charge on any atom is 0.105 e. The molecule has 1 atom stereocenters. The molecule has 0 bridgehead atoms. The highest BCUT2D eigenvalue weighted by atomic mass is 35.5. The minimum atomic E-state index is 0.282. The van der Waals surface area contributed by atoms with E-state index < -0.39 is 0 Å². The van der Waals surface area contributed by atoms with Gasteiger partial charge in [0.25, 0.3) is 0 Å². The van der Waals surface area contributed by atoms with Gasteiger partial charge in [-0.15, -0.1) is 0 Å². The number of hydrogen-bond acceptors (Lipinski definition) is 2. The molecule has 0 amide bonds. The van der Waals surface area contributed by atoms with Crippen molar-refractivity contribution < 1.29 is 4.42 Å². The second-order valence-electron chi connectivity index (χ2n) is 4.42. The Hall–Kier alpha value is -0.960. The molecule has 2 aromatic rings. The lowest BCUT2D eigenvalue weighted by atomic mass is 10.0. The van der Waals surface area contributed by atoms with Crippen molar-refractivity contribution in [3.05, 3.63) is 58.0 Å². The van der Waals surface area contributed by atoms with Gasteiger partial charge in [0, 0.05) is 19.0 Å². The summed E-state index contributed by atoms with van der Waals surface area (Å²) < 4.78 is 5.31. The highest BCUT2D eigenvalue weighted by molar-refractivity contribution is 6.42. The van der Waals surface area contributed by atoms with E-state index in [-0.39, 0.29) is 6.04 Å². The van der Waals surface area contributed by atoms with Gasteiger partial charge in [-0.05, 0) is 36.2 Å². The fourth-order valence-electron chi connectivity index (χ4n) is 2.05. The normalized spacial score (nSPS) is 12.6. The van der Waals surface area contributed by atoms with E-state index in [1.54, 1.807) is 6.26 Å². The standard InChI is InChI=1S/C15H17Cl2NO/c1-2-15(11-5-6-13(16)14(17)10-11)18-8-7-12-4-3-9-19-12/h3-6,9-10,15,18H,2,7-8H2,1H3. The van der Waals surface area contributed by atoms with E-state index in [0.717, 1.165) is 30.7 Å². The molecule has 1 N–H and O–H groups in total. The molecular weight excluding hydrogens is 281 g/mol. The monoisotopic (exact) mass is 297 g/mol. The number of rotatable bonds is 6. The van der Waals surface area contributed by atoms with Crippen molar-refractivity contribution in [2.24, 2.45) is 0 Å². The largest absolute Gasteiger partial charge is 0.469 e. The van der Waals surface area contributed by atoms with Crippen molar-refractivity contribution in [1.82, 2.24) is 5.32 Å². The van der Waals surface area contributed by atoms with Crippen molar-refractivity contribution in [3.8, 4) is 0 Å². The fraction of sp³-hybridized carbons (Fsp3) is 0.333. The van der Waals surface area contributed by atoms with Crippen molar-refractivity contribution in [1.29, 1.82) is 0 Å². The average Bonchev–Trinajstić information content (AvgIpc) is 2.91. The summed E-state index contributed by atoms with van der Waals surface area (Å²) in [5.74, 6) is 0.997. The van der Waals surface area contributed by atoms with Crippen LogP contribution in [0.1, 0.15) is 30.7 Å². The first kappa shape index (κ1) is 14.4. The summed E-state index contributed by atoms with van der Waals surface area (Å²) in [5, 5.41) is 4.70. The molecule has 0 saturated heterocycles. The minimum Gasteiger partial charge on any atom is -0.469 e. The summed E-state index contributed by atoms with van der Waals surface area (Å²) in [7, 11) is 0. The Labute approximate surface area is 123 Å². The highest BCUT2D eigenvalue weighted by Crippen LogP contribution is 2.26. The van der Waals surface area contributed by atoms with Crippen LogP contribution in [0.3, 0.4) is 0 Å². The van der Waals surface area contributed by atoms with E-state index >= 15 is 0 Å². The van der Waals surface area contributed by atoms with Crippen LogP contribution in [0.25, 0.3) is 0 Å². The zero-order valence-electron chi connectivity index (χ0n) is 10.8. The first-order chi connectivity index (χ1) is 9.20. The second kappa shape index (κ2) is 6.99. The Kier molecular flexibility index (Phi) is 5.32. The summed E-state index contributed by atoms with van der Waals surface area (Å²) in [6.07, 6.45) is 3.58. The van der Waals surface area contributed by atoms with Gasteiger partial charge in [-0.25, -0.2) is 0 Å². The van der Waals surface area contributed by atoms with Crippen molar-refractivity contribution in [2.75, 3.05) is 6.54 Å². The van der Waals surface area contributed by atoms with E-state index in [9.17, 15) is 0 Å². The zero-order chi connectivity index (χ0) is 13.7. The highest BCUT2D eigenvalue weighted by Gasteiger charge is 2.10. The number of hydrogen-bond donors (Lipinski definition) is 1. The molecule has 0 radical (unpaired) electrons. The van der Waals surface area contributed by atoms with E-state index in [2.05, 4.69) is 12.2 Å². The second-order valence-corrected chi connectivity index (χ2v) is 5.23. The third-order valence-corrected chi connectivity index (χ3v) is 3.84. The van der Waals surface area contributed by atoms with Crippen LogP contribution >= 0.6 is 23.2 Å². The molecular formula is C15H17Cl2NO. The number of benzene rings is 1. The van der Waals surface area contributed by atoms with Crippen LogP contribution in [-0.4, -0.2) is 6.54 Å². The lowest BCUT2D eigenvalue weighted by molar-refractivity contribution is 0.472. The molecule has 0 spiro atoms. The molecule has 1 aromatic heterocycles. The summed E-state index contributed by atoms with van der Waals surface area (Å²) in [5.41, 5.74) is 1.16. The Morgan fingerprint density at radius 1 is 1.21 bits per heavy atom. The van der Waals surface area contributed by atoms with Gasteiger partial charge >= 0.3 is 0 Å². The maximum atomic E-state index is 6.06.